The van der Waals surface area contributed by atoms with Crippen LogP contribution in [0, 0.1) is 0 Å². The van der Waals surface area contributed by atoms with Crippen LogP contribution in [-0.4, -0.2) is 19.5 Å². The SMILES string of the molecule is [2H]c1cc(-c2nc(-c3ccccc3)nc(-c3cccc(-c4ccccc4)c3)n2)cc(-n2c3ccccc3c3ccccc32)c1-c1ccccc1. The number of aromatic nitrogens is 4. The predicted octanol–water partition coefficient (Wildman–Crippen LogP) is 11.3. The van der Waals surface area contributed by atoms with E-state index in [-0.39, 0.29) is 0 Å². The van der Waals surface area contributed by atoms with Crippen molar-refractivity contribution in [2.24, 2.45) is 0 Å². The van der Waals surface area contributed by atoms with E-state index in [2.05, 4.69) is 95.6 Å². The second-order valence-electron chi connectivity index (χ2n) is 12.0. The Kier molecular flexibility index (Phi) is 6.83. The normalized spacial score (nSPS) is 11.6. The van der Waals surface area contributed by atoms with Crippen LogP contribution in [0.25, 0.3) is 83.9 Å². The minimum absolute atomic E-state index is 0.389. The van der Waals surface area contributed by atoms with Crippen LogP contribution in [0.15, 0.2) is 182 Å². The molecule has 49 heavy (non-hydrogen) atoms. The minimum atomic E-state index is 0.389. The maximum absolute atomic E-state index is 9.53. The van der Waals surface area contributed by atoms with E-state index in [1.54, 1.807) is 0 Å². The number of fused-ring (bicyclic) bond motifs is 3. The Morgan fingerprint density at radius 3 is 1.43 bits per heavy atom. The first kappa shape index (κ1) is 27.5. The number of hydrogen-bond donors (Lipinski definition) is 0. The summed E-state index contributed by atoms with van der Waals surface area (Å²) in [4.78, 5) is 15.2. The summed E-state index contributed by atoms with van der Waals surface area (Å²) < 4.78 is 11.8. The summed E-state index contributed by atoms with van der Waals surface area (Å²) in [6.45, 7) is 0. The molecule has 0 radical (unpaired) electrons. The molecule has 0 fully saturated rings. The summed E-state index contributed by atoms with van der Waals surface area (Å²) in [5, 5.41) is 2.32. The molecular formula is C45H30N4. The average Bonchev–Trinajstić information content (AvgIpc) is 3.53. The molecule has 9 aromatic rings. The van der Waals surface area contributed by atoms with Crippen LogP contribution < -0.4 is 0 Å². The Morgan fingerprint density at radius 1 is 0.367 bits per heavy atom. The van der Waals surface area contributed by atoms with Crippen molar-refractivity contribution in [3.05, 3.63) is 182 Å². The average molecular weight is 628 g/mol. The highest BCUT2D eigenvalue weighted by Gasteiger charge is 2.19. The molecule has 0 spiro atoms. The number of para-hydroxylation sites is 2. The van der Waals surface area contributed by atoms with Crippen LogP contribution in [0.4, 0.5) is 0 Å². The summed E-state index contributed by atoms with van der Waals surface area (Å²) in [5.41, 5.74) is 9.58. The molecule has 4 heteroatoms. The highest BCUT2D eigenvalue weighted by molar-refractivity contribution is 6.09. The van der Waals surface area contributed by atoms with Gasteiger partial charge in [-0.1, -0.05) is 158 Å². The summed E-state index contributed by atoms with van der Waals surface area (Å²) in [5.74, 6) is 1.66. The maximum Gasteiger partial charge on any atom is 0.164 e. The molecule has 0 unspecified atom stereocenters. The van der Waals surface area contributed by atoms with Gasteiger partial charge in [-0.3, -0.25) is 0 Å². The Labute approximate surface area is 286 Å². The summed E-state index contributed by atoms with van der Waals surface area (Å²) in [6.07, 6.45) is 0. The summed E-state index contributed by atoms with van der Waals surface area (Å²) in [6, 6.07) is 60.1. The van der Waals surface area contributed by atoms with Crippen LogP contribution >= 0.6 is 0 Å². The number of rotatable bonds is 6. The third-order valence-corrected chi connectivity index (χ3v) is 8.96. The predicted molar refractivity (Wildman–Crippen MR) is 201 cm³/mol. The van der Waals surface area contributed by atoms with Crippen molar-refractivity contribution in [1.82, 2.24) is 19.5 Å². The van der Waals surface area contributed by atoms with Gasteiger partial charge in [0, 0.05) is 33.0 Å². The minimum Gasteiger partial charge on any atom is -0.309 e. The molecule has 0 atom stereocenters. The smallest absolute Gasteiger partial charge is 0.164 e. The van der Waals surface area contributed by atoms with Crippen LogP contribution in [0.3, 0.4) is 0 Å². The van der Waals surface area contributed by atoms with Crippen LogP contribution in [-0.2, 0) is 0 Å². The quantitative estimate of drug-likeness (QED) is 0.184. The van der Waals surface area contributed by atoms with Gasteiger partial charge in [0.05, 0.1) is 18.1 Å². The van der Waals surface area contributed by atoms with Gasteiger partial charge in [0.2, 0.25) is 0 Å². The second-order valence-corrected chi connectivity index (χ2v) is 12.0. The largest absolute Gasteiger partial charge is 0.309 e. The molecule has 7 aromatic carbocycles. The monoisotopic (exact) mass is 627 g/mol. The molecule has 0 saturated carbocycles. The first-order chi connectivity index (χ1) is 24.7. The van der Waals surface area contributed by atoms with Crippen LogP contribution in [0.2, 0.25) is 0 Å². The van der Waals surface area contributed by atoms with Gasteiger partial charge in [-0.2, -0.15) is 0 Å². The van der Waals surface area contributed by atoms with Gasteiger partial charge >= 0.3 is 0 Å². The van der Waals surface area contributed by atoms with E-state index in [0.29, 0.717) is 23.5 Å². The van der Waals surface area contributed by atoms with Gasteiger partial charge in [-0.15, -0.1) is 0 Å². The zero-order valence-electron chi connectivity index (χ0n) is 27.5. The van der Waals surface area contributed by atoms with E-state index in [1.807, 2.05) is 84.9 Å². The van der Waals surface area contributed by atoms with E-state index in [9.17, 15) is 1.37 Å². The van der Waals surface area contributed by atoms with Gasteiger partial charge in [0.25, 0.3) is 0 Å². The number of nitrogens with zero attached hydrogens (tertiary/aromatic N) is 4. The fourth-order valence-electron chi connectivity index (χ4n) is 6.63. The van der Waals surface area contributed by atoms with Crippen molar-refractivity contribution in [3.63, 3.8) is 0 Å². The van der Waals surface area contributed by atoms with Crippen molar-refractivity contribution in [2.45, 2.75) is 0 Å². The lowest BCUT2D eigenvalue weighted by Gasteiger charge is -2.16. The Balaban J connectivity index is 1.31. The summed E-state index contributed by atoms with van der Waals surface area (Å²) in [7, 11) is 0. The zero-order chi connectivity index (χ0) is 33.4. The van der Waals surface area contributed by atoms with E-state index >= 15 is 0 Å². The van der Waals surface area contributed by atoms with Crippen molar-refractivity contribution < 1.29 is 1.37 Å². The van der Waals surface area contributed by atoms with Gasteiger partial charge in [0.1, 0.15) is 0 Å². The maximum atomic E-state index is 9.53. The van der Waals surface area contributed by atoms with Crippen molar-refractivity contribution in [1.29, 1.82) is 0 Å². The molecule has 0 N–H and O–H groups in total. The topological polar surface area (TPSA) is 43.6 Å². The van der Waals surface area contributed by atoms with Crippen LogP contribution in [0.5, 0.6) is 0 Å². The number of hydrogen-bond acceptors (Lipinski definition) is 3. The van der Waals surface area contributed by atoms with Crippen molar-refractivity contribution in [3.8, 4) is 62.1 Å². The first-order valence-corrected chi connectivity index (χ1v) is 16.4. The lowest BCUT2D eigenvalue weighted by molar-refractivity contribution is 1.07. The van der Waals surface area contributed by atoms with Crippen LogP contribution in [0.1, 0.15) is 1.37 Å². The van der Waals surface area contributed by atoms with E-state index in [1.165, 1.54) is 0 Å². The van der Waals surface area contributed by atoms with E-state index in [0.717, 1.165) is 66.4 Å². The summed E-state index contributed by atoms with van der Waals surface area (Å²) >= 11 is 0. The second kappa shape index (κ2) is 12.2. The lowest BCUT2D eigenvalue weighted by Crippen LogP contribution is -2.02. The molecule has 9 rings (SSSR count). The van der Waals surface area contributed by atoms with E-state index < -0.39 is 0 Å². The van der Waals surface area contributed by atoms with Crippen molar-refractivity contribution >= 4 is 21.8 Å². The highest BCUT2D eigenvalue weighted by atomic mass is 15.0. The third kappa shape index (κ3) is 5.26. The molecule has 2 aromatic heterocycles. The van der Waals surface area contributed by atoms with Crippen molar-refractivity contribution in [2.75, 3.05) is 0 Å². The molecule has 4 nitrogen and oxygen atoms in total. The third-order valence-electron chi connectivity index (χ3n) is 8.96. The molecular weight excluding hydrogens is 597 g/mol. The number of benzene rings is 7. The Hall–Kier alpha value is -6.65. The first-order valence-electron chi connectivity index (χ1n) is 16.9. The van der Waals surface area contributed by atoms with Gasteiger partial charge in [-0.25, -0.2) is 15.0 Å². The van der Waals surface area contributed by atoms with Gasteiger partial charge < -0.3 is 4.57 Å². The fourth-order valence-corrected chi connectivity index (χ4v) is 6.63. The zero-order valence-corrected chi connectivity index (χ0v) is 26.5. The van der Waals surface area contributed by atoms with E-state index in [4.69, 9.17) is 15.0 Å². The standard InChI is InChI=1S/C45H30N4/c1-4-15-31(16-5-1)34-21-14-22-35(29-34)44-46-43(33-19-8-3-9-20-33)47-45(48-44)36-27-28-37(32-17-6-2-7-18-32)42(30-36)49-40-25-12-10-23-38(40)39-24-11-13-26-41(39)49/h1-30H/i28D. The molecule has 0 aliphatic carbocycles. The molecule has 0 amide bonds. The molecule has 0 bridgehead atoms. The molecule has 0 aliphatic rings. The van der Waals surface area contributed by atoms with Gasteiger partial charge in [-0.05, 0) is 41.0 Å². The molecule has 2 heterocycles. The molecule has 230 valence electrons. The highest BCUT2D eigenvalue weighted by Crippen LogP contribution is 2.38. The lowest BCUT2D eigenvalue weighted by atomic mass is 10.0. The Bertz CT molecular complexity index is 2600. The molecule has 0 aliphatic heterocycles. The fraction of sp³-hybridized carbons (Fsp3) is 0. The van der Waals surface area contributed by atoms with Gasteiger partial charge in [0.15, 0.2) is 17.5 Å². The Morgan fingerprint density at radius 2 is 0.816 bits per heavy atom. The molecule has 0 saturated heterocycles.